The SMILES string of the molecule is CN(C(C)(C)C(C)(C)C)C(C)(C)C(C)(C)[N-]C(C)(C)C(C)(C)N(C)C(C)(C)C(C)(C)C.[Ce]. The Morgan fingerprint density at radius 1 is 0.375 bits per heavy atom. The van der Waals surface area contributed by atoms with E-state index in [-0.39, 0.29) is 85.8 Å². The summed E-state index contributed by atoms with van der Waals surface area (Å²) in [6, 6.07) is 0. The number of likely N-dealkylation sites (N-methyl/N-ethyl adjacent to an activating group) is 2. The summed E-state index contributed by atoms with van der Waals surface area (Å²) in [4.78, 5) is 5.10. The van der Waals surface area contributed by atoms with Gasteiger partial charge < -0.3 is 5.32 Å². The number of hydrogen-bond donors (Lipinski definition) is 0. The molecule has 0 bridgehead atoms. The van der Waals surface area contributed by atoms with Gasteiger partial charge in [-0.15, -0.1) is 11.1 Å². The van der Waals surface area contributed by atoms with Crippen molar-refractivity contribution in [1.29, 1.82) is 0 Å². The first-order chi connectivity index (χ1) is 13.0. The molecule has 0 spiro atoms. The van der Waals surface area contributed by atoms with Crippen molar-refractivity contribution in [2.45, 2.75) is 158 Å². The van der Waals surface area contributed by atoms with Gasteiger partial charge in [0.15, 0.2) is 0 Å². The van der Waals surface area contributed by atoms with E-state index in [0.717, 1.165) is 0 Å². The molecule has 0 aliphatic heterocycles. The Bertz CT molecular complexity index is 560. The molecule has 0 atom stereocenters. The van der Waals surface area contributed by atoms with E-state index in [2.05, 4.69) is 149 Å². The van der Waals surface area contributed by atoms with Crippen LogP contribution in [0.2, 0.25) is 0 Å². The molecule has 0 heterocycles. The fourth-order valence-electron chi connectivity index (χ4n) is 4.20. The first-order valence-corrected chi connectivity index (χ1v) is 12.2. The van der Waals surface area contributed by atoms with Gasteiger partial charge in [-0.1, -0.05) is 69.2 Å². The molecular weight excluding hydrogens is 518 g/mol. The zero-order valence-corrected chi connectivity index (χ0v) is 29.0. The average molecular weight is 579 g/mol. The zero-order valence-electron chi connectivity index (χ0n) is 25.8. The summed E-state index contributed by atoms with van der Waals surface area (Å²) in [5.41, 5.74) is -0.413. The van der Waals surface area contributed by atoms with Crippen LogP contribution in [0.15, 0.2) is 0 Å². The molecule has 0 N–H and O–H groups in total. The molecule has 0 aromatic carbocycles. The van der Waals surface area contributed by atoms with Crippen molar-refractivity contribution in [3.8, 4) is 0 Å². The second-order valence-electron chi connectivity index (χ2n) is 15.1. The van der Waals surface area contributed by atoms with E-state index in [4.69, 9.17) is 5.32 Å². The Morgan fingerprint density at radius 2 is 0.562 bits per heavy atom. The second-order valence-corrected chi connectivity index (χ2v) is 15.1. The predicted molar refractivity (Wildman–Crippen MR) is 142 cm³/mol. The first-order valence-electron chi connectivity index (χ1n) is 12.2. The Hall–Kier alpha value is 1.26. The second kappa shape index (κ2) is 9.96. The predicted octanol–water partition coefficient (Wildman–Crippen LogP) is 7.99. The molecule has 4 heteroatoms. The minimum atomic E-state index is -0.252. The van der Waals surface area contributed by atoms with E-state index in [1.165, 1.54) is 0 Å². The molecule has 3 nitrogen and oxygen atoms in total. The first kappa shape index (κ1) is 35.4. The van der Waals surface area contributed by atoms with Crippen molar-refractivity contribution < 1.29 is 41.7 Å². The van der Waals surface area contributed by atoms with Gasteiger partial charge in [0.2, 0.25) is 0 Å². The largest absolute Gasteiger partial charge is 0.649 e. The van der Waals surface area contributed by atoms with Gasteiger partial charge in [0.05, 0.1) is 0 Å². The van der Waals surface area contributed by atoms with Gasteiger partial charge in [-0.05, 0) is 80.3 Å². The molecule has 0 aromatic heterocycles. The monoisotopic (exact) mass is 578 g/mol. The van der Waals surface area contributed by atoms with E-state index in [0.29, 0.717) is 0 Å². The molecule has 0 fully saturated rings. The standard InChI is InChI=1S/C28H60N3.Ce/c1-21(2,3)25(11,12)30(19)27(15,16)23(7,8)29-24(9,10)28(17,18)31(20)26(13,14)22(4,5)6;/h1-20H3;/q-1;. The van der Waals surface area contributed by atoms with Crippen LogP contribution in [0.1, 0.15) is 125 Å². The third kappa shape index (κ3) is 6.33. The maximum absolute atomic E-state index is 5.63. The maximum Gasteiger partial charge on any atom is 0.0203 e. The summed E-state index contributed by atoms with van der Waals surface area (Å²) in [7, 11) is 4.55. The topological polar surface area (TPSA) is 20.6 Å². The van der Waals surface area contributed by atoms with Crippen LogP contribution in [0.25, 0.3) is 5.32 Å². The van der Waals surface area contributed by atoms with Gasteiger partial charge in [-0.25, -0.2) is 0 Å². The maximum atomic E-state index is 5.63. The van der Waals surface area contributed by atoms with Gasteiger partial charge in [0, 0.05) is 63.9 Å². The summed E-state index contributed by atoms with van der Waals surface area (Å²) < 4.78 is 0. The molecule has 0 amide bonds. The quantitative estimate of drug-likeness (QED) is 0.291. The van der Waals surface area contributed by atoms with E-state index < -0.39 is 0 Å². The summed E-state index contributed by atoms with van der Waals surface area (Å²) in [5.74, 6) is 0. The van der Waals surface area contributed by atoms with Gasteiger partial charge in [0.25, 0.3) is 0 Å². The van der Waals surface area contributed by atoms with E-state index >= 15 is 0 Å². The fraction of sp³-hybridized carbons (Fsp3) is 1.00. The zero-order chi connectivity index (χ0) is 25.9. The minimum absolute atomic E-state index is 0. The molecule has 0 aliphatic carbocycles. The van der Waals surface area contributed by atoms with Crippen LogP contribution in [0.5, 0.6) is 0 Å². The third-order valence-corrected chi connectivity index (χ3v) is 10.6. The van der Waals surface area contributed by atoms with Crippen LogP contribution in [0, 0.1) is 52.6 Å². The minimum Gasteiger partial charge on any atom is -0.649 e. The Labute approximate surface area is 238 Å². The molecular formula is C28H60CeN3-. The molecule has 0 radical (unpaired) electrons. The van der Waals surface area contributed by atoms with Gasteiger partial charge in [0.1, 0.15) is 0 Å². The van der Waals surface area contributed by atoms with Crippen LogP contribution in [0.4, 0.5) is 0 Å². The molecule has 0 unspecified atom stereocenters. The van der Waals surface area contributed by atoms with Crippen molar-refractivity contribution >= 4 is 0 Å². The molecule has 192 valence electrons. The summed E-state index contributed by atoms with van der Waals surface area (Å²) in [6.07, 6.45) is 0. The van der Waals surface area contributed by atoms with Crippen molar-refractivity contribution in [3.63, 3.8) is 0 Å². The Balaban J connectivity index is 0. The van der Waals surface area contributed by atoms with Gasteiger partial charge in [-0.2, -0.15) is 0 Å². The number of rotatable bonds is 8. The smallest absolute Gasteiger partial charge is 0.0203 e. The Kier molecular flexibility index (Phi) is 11.0. The summed E-state index contributed by atoms with van der Waals surface area (Å²) in [5, 5.41) is 5.63. The van der Waals surface area contributed by atoms with Crippen LogP contribution in [-0.2, 0) is 0 Å². The van der Waals surface area contributed by atoms with Crippen molar-refractivity contribution in [3.05, 3.63) is 5.32 Å². The molecule has 0 saturated carbocycles. The molecule has 32 heavy (non-hydrogen) atoms. The Morgan fingerprint density at radius 3 is 0.719 bits per heavy atom. The van der Waals surface area contributed by atoms with Gasteiger partial charge in [-0.3, -0.25) is 9.80 Å². The third-order valence-electron chi connectivity index (χ3n) is 10.6. The average Bonchev–Trinajstić information content (AvgIpc) is 2.49. The van der Waals surface area contributed by atoms with E-state index in [9.17, 15) is 0 Å². The van der Waals surface area contributed by atoms with Crippen molar-refractivity contribution in [1.82, 2.24) is 9.80 Å². The van der Waals surface area contributed by atoms with E-state index in [1.54, 1.807) is 0 Å². The summed E-state index contributed by atoms with van der Waals surface area (Å²) in [6.45, 7) is 42.1. The van der Waals surface area contributed by atoms with Crippen LogP contribution in [-0.4, -0.2) is 57.1 Å². The number of nitrogens with zero attached hydrogens (tertiary/aromatic N) is 3. The van der Waals surface area contributed by atoms with Crippen molar-refractivity contribution in [2.75, 3.05) is 14.1 Å². The van der Waals surface area contributed by atoms with Crippen LogP contribution >= 0.6 is 0 Å². The van der Waals surface area contributed by atoms with Crippen molar-refractivity contribution in [2.24, 2.45) is 10.8 Å². The molecule has 0 rings (SSSR count). The van der Waals surface area contributed by atoms with Crippen LogP contribution < -0.4 is 0 Å². The van der Waals surface area contributed by atoms with Gasteiger partial charge >= 0.3 is 0 Å². The molecule has 0 aromatic rings. The fourth-order valence-corrected chi connectivity index (χ4v) is 4.20. The molecule has 0 aliphatic rings. The number of hydrogen-bond acceptors (Lipinski definition) is 2. The summed E-state index contributed by atoms with van der Waals surface area (Å²) >= 11 is 0. The van der Waals surface area contributed by atoms with Crippen LogP contribution in [0.3, 0.4) is 0 Å². The van der Waals surface area contributed by atoms with E-state index in [1.807, 2.05) is 0 Å². The molecule has 0 saturated heterocycles. The normalized spacial score (nSPS) is 15.9.